The van der Waals surface area contributed by atoms with Crippen molar-refractivity contribution in [3.05, 3.63) is 34.9 Å². The lowest BCUT2D eigenvalue weighted by molar-refractivity contribution is -0.128. The van der Waals surface area contributed by atoms with Gasteiger partial charge in [0.1, 0.15) is 0 Å². The van der Waals surface area contributed by atoms with Gasteiger partial charge < -0.3 is 10.6 Å². The highest BCUT2D eigenvalue weighted by atomic mass is 35.5. The van der Waals surface area contributed by atoms with E-state index >= 15 is 0 Å². The Morgan fingerprint density at radius 3 is 2.58 bits per heavy atom. The molecule has 1 aromatic carbocycles. The van der Waals surface area contributed by atoms with E-state index in [0.29, 0.717) is 0 Å². The molecule has 3 nitrogen and oxygen atoms in total. The van der Waals surface area contributed by atoms with Gasteiger partial charge in [-0.25, -0.2) is 0 Å². The van der Waals surface area contributed by atoms with E-state index in [4.69, 9.17) is 11.6 Å². The zero-order valence-electron chi connectivity index (χ0n) is 11.2. The smallest absolute Gasteiger partial charge is 0.226 e. The molecule has 2 rings (SSSR count). The molecule has 0 bridgehead atoms. The van der Waals surface area contributed by atoms with Crippen LogP contribution >= 0.6 is 24.0 Å². The van der Waals surface area contributed by atoms with Crippen LogP contribution in [0, 0.1) is 5.92 Å². The topological polar surface area (TPSA) is 41.1 Å². The number of hydrogen-bond acceptors (Lipinski definition) is 2. The van der Waals surface area contributed by atoms with Crippen molar-refractivity contribution in [1.29, 1.82) is 0 Å². The van der Waals surface area contributed by atoms with Crippen molar-refractivity contribution in [2.24, 2.45) is 5.92 Å². The molecular weight excluding hydrogens is 283 g/mol. The van der Waals surface area contributed by atoms with Gasteiger partial charge in [0.05, 0.1) is 5.92 Å². The predicted molar refractivity (Wildman–Crippen MR) is 81.0 cm³/mol. The Labute approximate surface area is 125 Å². The van der Waals surface area contributed by atoms with Gasteiger partial charge in [-0.3, -0.25) is 4.79 Å². The Morgan fingerprint density at radius 2 is 2.05 bits per heavy atom. The molecule has 1 fully saturated rings. The lowest BCUT2D eigenvalue weighted by atomic mass is 9.93. The van der Waals surface area contributed by atoms with Crippen LogP contribution in [0.5, 0.6) is 0 Å². The summed E-state index contributed by atoms with van der Waals surface area (Å²) in [5.74, 6) is 0.251. The fourth-order valence-corrected chi connectivity index (χ4v) is 2.27. The van der Waals surface area contributed by atoms with Gasteiger partial charge in [-0.1, -0.05) is 29.8 Å². The maximum atomic E-state index is 11.9. The first-order valence-electron chi connectivity index (χ1n) is 6.24. The third-order valence-corrected chi connectivity index (χ3v) is 3.57. The van der Waals surface area contributed by atoms with Crippen LogP contribution in [0.4, 0.5) is 0 Å². The summed E-state index contributed by atoms with van der Waals surface area (Å²) in [6, 6.07) is 7.76. The summed E-state index contributed by atoms with van der Waals surface area (Å²) in [6.45, 7) is 5.63. The molecule has 19 heavy (non-hydrogen) atoms. The number of halogens is 2. The van der Waals surface area contributed by atoms with Crippen LogP contribution in [0.25, 0.3) is 0 Å². The lowest BCUT2D eigenvalue weighted by Gasteiger charge is -2.32. The Morgan fingerprint density at radius 1 is 1.42 bits per heavy atom. The predicted octanol–water partition coefficient (Wildman–Crippen LogP) is 2.42. The molecule has 2 N–H and O–H groups in total. The number of carbonyl (C=O) groups excluding carboxylic acids is 1. The second-order valence-corrected chi connectivity index (χ2v) is 5.90. The Balaban J connectivity index is 0.00000180. The van der Waals surface area contributed by atoms with E-state index in [1.54, 1.807) is 0 Å². The van der Waals surface area contributed by atoms with Gasteiger partial charge in [0.15, 0.2) is 0 Å². The van der Waals surface area contributed by atoms with Crippen molar-refractivity contribution in [2.45, 2.75) is 25.8 Å². The molecule has 1 amide bonds. The van der Waals surface area contributed by atoms with Crippen LogP contribution in [0.3, 0.4) is 0 Å². The molecule has 0 atom stereocenters. The number of carbonyl (C=O) groups is 1. The third-order valence-electron chi connectivity index (χ3n) is 3.20. The number of amides is 1. The minimum atomic E-state index is -0.280. The zero-order valence-corrected chi connectivity index (χ0v) is 12.8. The van der Waals surface area contributed by atoms with Gasteiger partial charge in [-0.05, 0) is 31.9 Å². The minimum absolute atomic E-state index is 0. The molecule has 0 radical (unpaired) electrons. The molecular formula is C14H20Cl2N2O. The summed E-state index contributed by atoms with van der Waals surface area (Å²) in [7, 11) is 0. The van der Waals surface area contributed by atoms with E-state index in [2.05, 4.69) is 10.6 Å². The van der Waals surface area contributed by atoms with Gasteiger partial charge in [-0.15, -0.1) is 12.4 Å². The largest absolute Gasteiger partial charge is 0.351 e. The monoisotopic (exact) mass is 302 g/mol. The van der Waals surface area contributed by atoms with E-state index in [9.17, 15) is 4.79 Å². The molecule has 5 heteroatoms. The maximum Gasteiger partial charge on any atom is 0.226 e. The molecule has 1 saturated heterocycles. The van der Waals surface area contributed by atoms with E-state index in [1.165, 1.54) is 0 Å². The normalized spacial score (nSPS) is 15.3. The quantitative estimate of drug-likeness (QED) is 0.897. The summed E-state index contributed by atoms with van der Waals surface area (Å²) in [5.41, 5.74) is 0.786. The highest BCUT2D eigenvalue weighted by Gasteiger charge is 2.29. The number of rotatable bonds is 4. The molecule has 106 valence electrons. The van der Waals surface area contributed by atoms with E-state index in [0.717, 1.165) is 30.1 Å². The molecule has 0 spiro atoms. The van der Waals surface area contributed by atoms with Crippen LogP contribution in [0.2, 0.25) is 5.02 Å². The molecule has 1 aliphatic rings. The number of hydrogen-bond donors (Lipinski definition) is 2. The van der Waals surface area contributed by atoms with Crippen molar-refractivity contribution in [3.63, 3.8) is 0 Å². The zero-order chi connectivity index (χ0) is 13.2. The molecule has 0 saturated carbocycles. The highest BCUT2D eigenvalue weighted by molar-refractivity contribution is 6.31. The van der Waals surface area contributed by atoms with E-state index in [-0.39, 0.29) is 29.8 Å². The lowest BCUT2D eigenvalue weighted by Crippen LogP contribution is -2.55. The van der Waals surface area contributed by atoms with Gasteiger partial charge in [0, 0.05) is 23.7 Å². The fourth-order valence-electron chi connectivity index (χ4n) is 2.07. The SMILES string of the molecule is CC(C)(Cc1ccccc1Cl)NC(=O)C1CNC1.Cl. The van der Waals surface area contributed by atoms with Crippen LogP contribution in [-0.4, -0.2) is 24.5 Å². The summed E-state index contributed by atoms with van der Waals surface area (Å²) in [4.78, 5) is 11.9. The summed E-state index contributed by atoms with van der Waals surface area (Å²) < 4.78 is 0. The molecule has 0 unspecified atom stereocenters. The van der Waals surface area contributed by atoms with Crippen LogP contribution in [0.1, 0.15) is 19.4 Å². The third kappa shape index (κ3) is 4.37. The summed E-state index contributed by atoms with van der Waals surface area (Å²) in [5, 5.41) is 6.96. The van der Waals surface area contributed by atoms with Crippen molar-refractivity contribution < 1.29 is 4.79 Å². The first kappa shape index (κ1) is 16.3. The summed E-state index contributed by atoms with van der Waals surface area (Å²) >= 11 is 6.15. The number of nitrogens with one attached hydrogen (secondary N) is 2. The van der Waals surface area contributed by atoms with Gasteiger partial charge in [0.25, 0.3) is 0 Å². The maximum absolute atomic E-state index is 11.9. The fraction of sp³-hybridized carbons (Fsp3) is 0.500. The number of benzene rings is 1. The second-order valence-electron chi connectivity index (χ2n) is 5.50. The van der Waals surface area contributed by atoms with E-state index < -0.39 is 0 Å². The van der Waals surface area contributed by atoms with Crippen LogP contribution in [-0.2, 0) is 11.2 Å². The average Bonchev–Trinajstić information content (AvgIpc) is 2.17. The van der Waals surface area contributed by atoms with Crippen LogP contribution in [0.15, 0.2) is 24.3 Å². The molecule has 1 aliphatic heterocycles. The van der Waals surface area contributed by atoms with Crippen molar-refractivity contribution in [3.8, 4) is 0 Å². The van der Waals surface area contributed by atoms with Crippen molar-refractivity contribution in [1.82, 2.24) is 10.6 Å². The van der Waals surface area contributed by atoms with E-state index in [1.807, 2.05) is 38.1 Å². The molecule has 0 aliphatic carbocycles. The Kier molecular flexibility index (Phi) is 5.65. The van der Waals surface area contributed by atoms with Crippen molar-refractivity contribution in [2.75, 3.05) is 13.1 Å². The standard InChI is InChI=1S/C14H19ClN2O.ClH/c1-14(2,17-13(18)11-8-16-9-11)7-10-5-3-4-6-12(10)15;/h3-6,11,16H,7-9H2,1-2H3,(H,17,18);1H. The molecule has 1 heterocycles. The molecule has 1 aromatic rings. The van der Waals surface area contributed by atoms with Gasteiger partial charge >= 0.3 is 0 Å². The van der Waals surface area contributed by atoms with Crippen LogP contribution < -0.4 is 10.6 Å². The minimum Gasteiger partial charge on any atom is -0.351 e. The first-order valence-corrected chi connectivity index (χ1v) is 6.62. The van der Waals surface area contributed by atoms with Crippen molar-refractivity contribution >= 4 is 29.9 Å². The summed E-state index contributed by atoms with van der Waals surface area (Å²) in [6.07, 6.45) is 0.735. The average molecular weight is 303 g/mol. The molecule has 0 aromatic heterocycles. The Hall–Kier alpha value is -0.770. The first-order chi connectivity index (χ1) is 8.48. The Bertz CT molecular complexity index is 445. The van der Waals surface area contributed by atoms with Gasteiger partial charge in [0.2, 0.25) is 5.91 Å². The second kappa shape index (κ2) is 6.60. The highest BCUT2D eigenvalue weighted by Crippen LogP contribution is 2.21. The van der Waals surface area contributed by atoms with Gasteiger partial charge in [-0.2, -0.15) is 0 Å².